The summed E-state index contributed by atoms with van der Waals surface area (Å²) in [6.45, 7) is 0. The summed E-state index contributed by atoms with van der Waals surface area (Å²) in [5.74, 6) is 0. The van der Waals surface area contributed by atoms with E-state index in [-0.39, 0.29) is 5.56 Å². The molecule has 0 radical (unpaired) electrons. The van der Waals surface area contributed by atoms with Gasteiger partial charge >= 0.3 is 0 Å². The number of nitrogens with one attached hydrogen (secondary N) is 1. The van der Waals surface area contributed by atoms with Crippen molar-refractivity contribution in [3.63, 3.8) is 0 Å². The fourth-order valence-corrected chi connectivity index (χ4v) is 2.43. The SMILES string of the molecule is O=c1[nH]cc(-c2ccn3nccc3c2)c2ccncc12. The Hall–Kier alpha value is -2.95. The van der Waals surface area contributed by atoms with Crippen LogP contribution in [-0.2, 0) is 0 Å². The molecule has 0 aromatic carbocycles. The smallest absolute Gasteiger partial charge is 0.257 e. The van der Waals surface area contributed by atoms with Crippen LogP contribution in [0.3, 0.4) is 0 Å². The van der Waals surface area contributed by atoms with Crippen LogP contribution >= 0.6 is 0 Å². The van der Waals surface area contributed by atoms with Crippen LogP contribution in [0.25, 0.3) is 27.4 Å². The number of fused-ring (bicyclic) bond motifs is 2. The zero-order valence-corrected chi connectivity index (χ0v) is 10.4. The molecule has 0 bridgehead atoms. The molecule has 96 valence electrons. The number of hydrogen-bond acceptors (Lipinski definition) is 3. The summed E-state index contributed by atoms with van der Waals surface area (Å²) >= 11 is 0. The van der Waals surface area contributed by atoms with Crippen LogP contribution in [0.2, 0.25) is 0 Å². The molecule has 4 rings (SSSR count). The Morgan fingerprint density at radius 2 is 2.05 bits per heavy atom. The molecule has 0 spiro atoms. The number of rotatable bonds is 1. The number of pyridine rings is 3. The van der Waals surface area contributed by atoms with E-state index < -0.39 is 0 Å². The summed E-state index contributed by atoms with van der Waals surface area (Å²) in [6.07, 6.45) is 8.70. The molecule has 0 unspecified atom stereocenters. The molecule has 0 amide bonds. The van der Waals surface area contributed by atoms with Crippen molar-refractivity contribution in [3.8, 4) is 11.1 Å². The highest BCUT2D eigenvalue weighted by Crippen LogP contribution is 2.26. The lowest BCUT2D eigenvalue weighted by molar-refractivity contribution is 0.962. The Balaban J connectivity index is 2.06. The molecule has 0 aliphatic carbocycles. The third kappa shape index (κ3) is 1.53. The van der Waals surface area contributed by atoms with Gasteiger partial charge in [0.1, 0.15) is 0 Å². The number of nitrogens with zero attached hydrogens (tertiary/aromatic N) is 3. The van der Waals surface area contributed by atoms with E-state index in [0.717, 1.165) is 22.0 Å². The molecule has 0 fully saturated rings. The number of aromatic amines is 1. The first-order valence-corrected chi connectivity index (χ1v) is 6.22. The summed E-state index contributed by atoms with van der Waals surface area (Å²) < 4.78 is 1.80. The minimum Gasteiger partial charge on any atom is -0.328 e. The van der Waals surface area contributed by atoms with Gasteiger partial charge in [0.15, 0.2) is 0 Å². The third-order valence-corrected chi connectivity index (χ3v) is 3.41. The van der Waals surface area contributed by atoms with Gasteiger partial charge in [-0.2, -0.15) is 5.10 Å². The predicted octanol–water partition coefficient (Wildman–Crippen LogP) is 2.24. The van der Waals surface area contributed by atoms with Crippen molar-refractivity contribution >= 4 is 16.3 Å². The van der Waals surface area contributed by atoms with Gasteiger partial charge in [-0.25, -0.2) is 4.52 Å². The summed E-state index contributed by atoms with van der Waals surface area (Å²) in [4.78, 5) is 18.6. The third-order valence-electron chi connectivity index (χ3n) is 3.41. The molecule has 0 saturated carbocycles. The summed E-state index contributed by atoms with van der Waals surface area (Å²) in [6, 6.07) is 7.83. The van der Waals surface area contributed by atoms with E-state index in [1.165, 1.54) is 0 Å². The highest BCUT2D eigenvalue weighted by molar-refractivity contribution is 5.95. The summed E-state index contributed by atoms with van der Waals surface area (Å²) in [5.41, 5.74) is 2.90. The first kappa shape index (κ1) is 10.9. The molecule has 0 saturated heterocycles. The second-order valence-corrected chi connectivity index (χ2v) is 4.57. The first-order valence-electron chi connectivity index (χ1n) is 6.22. The molecule has 0 aliphatic rings. The van der Waals surface area contributed by atoms with Crippen molar-refractivity contribution in [3.05, 3.63) is 65.6 Å². The van der Waals surface area contributed by atoms with E-state index in [0.29, 0.717) is 5.39 Å². The Labute approximate surface area is 113 Å². The summed E-state index contributed by atoms with van der Waals surface area (Å²) in [7, 11) is 0. The molecular weight excluding hydrogens is 252 g/mol. The Morgan fingerprint density at radius 3 is 3.00 bits per heavy atom. The molecule has 4 aromatic rings. The number of H-pyrrole nitrogens is 1. The lowest BCUT2D eigenvalue weighted by atomic mass is 10.0. The molecule has 4 aromatic heterocycles. The van der Waals surface area contributed by atoms with Gasteiger partial charge in [0.2, 0.25) is 0 Å². The fourth-order valence-electron chi connectivity index (χ4n) is 2.43. The van der Waals surface area contributed by atoms with E-state index in [9.17, 15) is 4.79 Å². The average molecular weight is 262 g/mol. The van der Waals surface area contributed by atoms with E-state index in [2.05, 4.69) is 15.1 Å². The van der Waals surface area contributed by atoms with Crippen molar-refractivity contribution in [2.75, 3.05) is 0 Å². The second kappa shape index (κ2) is 4.03. The van der Waals surface area contributed by atoms with Crippen molar-refractivity contribution in [2.45, 2.75) is 0 Å². The van der Waals surface area contributed by atoms with Crippen molar-refractivity contribution < 1.29 is 0 Å². The van der Waals surface area contributed by atoms with Gasteiger partial charge in [-0.1, -0.05) is 0 Å². The number of hydrogen-bond donors (Lipinski definition) is 1. The molecule has 20 heavy (non-hydrogen) atoms. The van der Waals surface area contributed by atoms with Crippen molar-refractivity contribution in [1.82, 2.24) is 19.6 Å². The van der Waals surface area contributed by atoms with E-state index >= 15 is 0 Å². The van der Waals surface area contributed by atoms with Crippen LogP contribution in [0, 0.1) is 0 Å². The number of aromatic nitrogens is 4. The van der Waals surface area contributed by atoms with Crippen LogP contribution in [-0.4, -0.2) is 19.6 Å². The van der Waals surface area contributed by atoms with Crippen molar-refractivity contribution in [1.29, 1.82) is 0 Å². The minimum absolute atomic E-state index is 0.123. The minimum atomic E-state index is -0.123. The highest BCUT2D eigenvalue weighted by atomic mass is 16.1. The molecule has 0 atom stereocenters. The quantitative estimate of drug-likeness (QED) is 0.572. The van der Waals surface area contributed by atoms with E-state index in [1.54, 1.807) is 29.3 Å². The first-order chi connectivity index (χ1) is 9.83. The Morgan fingerprint density at radius 1 is 1.10 bits per heavy atom. The van der Waals surface area contributed by atoms with Crippen molar-refractivity contribution in [2.24, 2.45) is 0 Å². The van der Waals surface area contributed by atoms with Gasteiger partial charge in [-0.15, -0.1) is 0 Å². The standard InChI is InChI=1S/C15H10N4O/c20-15-14-8-16-4-2-12(14)13(9-17-15)10-3-6-19-11(7-10)1-5-18-19/h1-9H,(H,17,20). The molecule has 0 aliphatic heterocycles. The van der Waals surface area contributed by atoms with Gasteiger partial charge in [-0.3, -0.25) is 9.78 Å². The van der Waals surface area contributed by atoms with E-state index in [4.69, 9.17) is 0 Å². The molecule has 5 heteroatoms. The van der Waals surface area contributed by atoms with Gasteiger partial charge in [0.25, 0.3) is 5.56 Å². The van der Waals surface area contributed by atoms with Crippen LogP contribution in [0.15, 0.2) is 60.0 Å². The Bertz CT molecular complexity index is 984. The normalized spacial score (nSPS) is 11.2. The van der Waals surface area contributed by atoms with E-state index in [1.807, 2.05) is 30.5 Å². The van der Waals surface area contributed by atoms with Crippen LogP contribution in [0.1, 0.15) is 0 Å². The highest BCUT2D eigenvalue weighted by Gasteiger charge is 2.07. The molecular formula is C15H10N4O. The molecule has 4 heterocycles. The average Bonchev–Trinajstić information content (AvgIpc) is 2.95. The van der Waals surface area contributed by atoms with Crippen LogP contribution < -0.4 is 5.56 Å². The summed E-state index contributed by atoms with van der Waals surface area (Å²) in [5, 5.41) is 5.67. The maximum Gasteiger partial charge on any atom is 0.257 e. The van der Waals surface area contributed by atoms with Crippen LogP contribution in [0.4, 0.5) is 0 Å². The topological polar surface area (TPSA) is 63.0 Å². The Kier molecular flexibility index (Phi) is 2.20. The molecule has 5 nitrogen and oxygen atoms in total. The van der Waals surface area contributed by atoms with Gasteiger partial charge in [0.05, 0.1) is 10.9 Å². The van der Waals surface area contributed by atoms with Crippen LogP contribution in [0.5, 0.6) is 0 Å². The maximum absolute atomic E-state index is 11.8. The molecule has 1 N–H and O–H groups in total. The lowest BCUT2D eigenvalue weighted by Crippen LogP contribution is -2.06. The largest absolute Gasteiger partial charge is 0.328 e. The zero-order chi connectivity index (χ0) is 13.5. The van der Waals surface area contributed by atoms with Gasteiger partial charge in [0, 0.05) is 36.5 Å². The lowest BCUT2D eigenvalue weighted by Gasteiger charge is -2.06. The monoisotopic (exact) mass is 262 g/mol. The maximum atomic E-state index is 11.8. The second-order valence-electron chi connectivity index (χ2n) is 4.57. The fraction of sp³-hybridized carbons (Fsp3) is 0. The predicted molar refractivity (Wildman–Crippen MR) is 76.5 cm³/mol. The van der Waals surface area contributed by atoms with Gasteiger partial charge < -0.3 is 4.98 Å². The van der Waals surface area contributed by atoms with Gasteiger partial charge in [-0.05, 0) is 35.2 Å². The zero-order valence-electron chi connectivity index (χ0n) is 10.4.